The second kappa shape index (κ2) is 9.12. The zero-order valence-corrected chi connectivity index (χ0v) is 18.3. The molecule has 3 N–H and O–H groups in total. The maximum atomic E-state index is 11.9. The van der Waals surface area contributed by atoms with E-state index in [1.165, 1.54) is 50.6 Å². The maximum Gasteiger partial charge on any atom is 1.00 e. The molecule has 0 spiro atoms. The molecule has 0 saturated carbocycles. The number of aromatic carboxylic acids is 2. The molecule has 1 heterocycles. The molecule has 1 aromatic heterocycles. The van der Waals surface area contributed by atoms with Crippen molar-refractivity contribution in [3.8, 4) is 45.6 Å². The van der Waals surface area contributed by atoms with E-state index in [1.54, 1.807) is 0 Å². The first-order chi connectivity index (χ1) is 13.8. The van der Waals surface area contributed by atoms with Gasteiger partial charge in [-0.2, -0.15) is 0 Å². The van der Waals surface area contributed by atoms with E-state index in [9.17, 15) is 30.0 Å². The summed E-state index contributed by atoms with van der Waals surface area (Å²) in [4.78, 5) is 23.7. The van der Waals surface area contributed by atoms with Gasteiger partial charge >= 0.3 is 35.5 Å². The molecule has 0 radical (unpaired) electrons. The van der Waals surface area contributed by atoms with Gasteiger partial charge in [0, 0.05) is 11.1 Å². The van der Waals surface area contributed by atoms with E-state index >= 15 is 0 Å². The quantitative estimate of drug-likeness (QED) is 0.430. The number of methoxy groups -OCH3 is 2. The number of carboxylic acids is 2. The molecule has 3 aromatic rings. The molecule has 3 rings (SSSR count). The molecular formula is C20H15NaO9. The van der Waals surface area contributed by atoms with Crippen molar-refractivity contribution in [3.63, 3.8) is 0 Å². The predicted octanol–water partition coefficient (Wildman–Crippen LogP) is -0.892. The van der Waals surface area contributed by atoms with Crippen LogP contribution >= 0.6 is 0 Å². The number of hydrogen-bond donors (Lipinski definition) is 3. The molecule has 0 fully saturated rings. The van der Waals surface area contributed by atoms with E-state index in [0.717, 1.165) is 0 Å². The van der Waals surface area contributed by atoms with E-state index in [2.05, 4.69) is 0 Å². The van der Waals surface area contributed by atoms with Crippen molar-refractivity contribution in [3.05, 3.63) is 47.5 Å². The number of carbonyl (C=O) groups is 2. The number of rotatable bonds is 6. The summed E-state index contributed by atoms with van der Waals surface area (Å²) in [5, 5.41) is 40.9. The van der Waals surface area contributed by atoms with Gasteiger partial charge in [0.1, 0.15) is 17.1 Å². The first-order valence-electron chi connectivity index (χ1n) is 8.14. The Kier molecular flexibility index (Phi) is 7.04. The molecule has 150 valence electrons. The number of phenolic OH excluding ortho intramolecular Hbond substituents is 2. The average molecular weight is 422 g/mol. The number of ether oxygens (including phenoxy) is 2. The van der Waals surface area contributed by atoms with Crippen LogP contribution in [-0.2, 0) is 0 Å². The van der Waals surface area contributed by atoms with Crippen LogP contribution in [0.4, 0.5) is 0 Å². The van der Waals surface area contributed by atoms with Gasteiger partial charge < -0.3 is 39.1 Å². The fourth-order valence-corrected chi connectivity index (χ4v) is 2.87. The van der Waals surface area contributed by atoms with Gasteiger partial charge in [-0.25, -0.2) is 4.79 Å². The summed E-state index contributed by atoms with van der Waals surface area (Å²) < 4.78 is 15.7. The van der Waals surface area contributed by atoms with Crippen molar-refractivity contribution in [1.29, 1.82) is 0 Å². The minimum Gasteiger partial charge on any atom is -0.545 e. The molecule has 9 nitrogen and oxygen atoms in total. The van der Waals surface area contributed by atoms with Gasteiger partial charge in [-0.05, 0) is 36.4 Å². The Morgan fingerprint density at radius 1 is 0.867 bits per heavy atom. The standard InChI is InChI=1S/C20H16O9.Na/c1-27-13-7-9(3-5-11(13)21)17-15(19(23)24)16(20(25)26)18(29-17)10-4-6-12(22)14(8-10)28-2;/h3-8,21-22H,1-2H3,(H,23,24)(H,25,26);/q;+1/p-1. The van der Waals surface area contributed by atoms with E-state index in [1.807, 2.05) is 0 Å². The van der Waals surface area contributed by atoms with E-state index in [4.69, 9.17) is 13.9 Å². The van der Waals surface area contributed by atoms with Gasteiger partial charge in [0.05, 0.1) is 25.8 Å². The van der Waals surface area contributed by atoms with Crippen molar-refractivity contribution in [2.75, 3.05) is 14.2 Å². The largest absolute Gasteiger partial charge is 1.00 e. The smallest absolute Gasteiger partial charge is 0.545 e. The van der Waals surface area contributed by atoms with Crippen molar-refractivity contribution in [2.24, 2.45) is 0 Å². The number of hydrogen-bond acceptors (Lipinski definition) is 8. The molecule has 0 aliphatic heterocycles. The number of benzene rings is 2. The second-order valence-electron chi connectivity index (χ2n) is 5.88. The van der Waals surface area contributed by atoms with Crippen LogP contribution in [0.3, 0.4) is 0 Å². The molecule has 0 aliphatic carbocycles. The summed E-state index contributed by atoms with van der Waals surface area (Å²) in [6.45, 7) is 0. The Hall–Kier alpha value is -3.14. The summed E-state index contributed by atoms with van der Waals surface area (Å²) >= 11 is 0. The summed E-state index contributed by atoms with van der Waals surface area (Å²) in [7, 11) is 2.61. The van der Waals surface area contributed by atoms with Crippen molar-refractivity contribution >= 4 is 11.9 Å². The molecular weight excluding hydrogens is 407 g/mol. The Bertz CT molecular complexity index is 1030. The minimum atomic E-state index is -1.76. The van der Waals surface area contributed by atoms with Crippen LogP contribution in [0.2, 0.25) is 0 Å². The van der Waals surface area contributed by atoms with E-state index in [-0.39, 0.29) is 75.2 Å². The van der Waals surface area contributed by atoms with Crippen molar-refractivity contribution in [2.45, 2.75) is 0 Å². The zero-order valence-electron chi connectivity index (χ0n) is 16.3. The molecule has 10 heteroatoms. The van der Waals surface area contributed by atoms with E-state index < -0.39 is 23.1 Å². The Balaban J connectivity index is 0.00000320. The molecule has 0 amide bonds. The molecule has 2 aromatic carbocycles. The van der Waals surface area contributed by atoms with E-state index in [0.29, 0.717) is 0 Å². The average Bonchev–Trinajstić information content (AvgIpc) is 3.10. The molecule has 0 atom stereocenters. The van der Waals surface area contributed by atoms with Gasteiger partial charge in [-0.1, -0.05) is 0 Å². The number of furan rings is 1. The number of phenols is 2. The SMILES string of the molecule is COc1cc(-c2oc(-c3ccc(O)c(OC)c3)c(C(=O)O)c2C(=O)[O-])ccc1O.[Na+]. The first-order valence-corrected chi connectivity index (χ1v) is 8.14. The molecule has 30 heavy (non-hydrogen) atoms. The third kappa shape index (κ3) is 4.09. The van der Waals surface area contributed by atoms with Crippen LogP contribution in [0.5, 0.6) is 23.0 Å². The summed E-state index contributed by atoms with van der Waals surface area (Å²) in [5.74, 6) is -4.17. The predicted molar refractivity (Wildman–Crippen MR) is 97.3 cm³/mol. The Morgan fingerprint density at radius 3 is 1.67 bits per heavy atom. The van der Waals surface area contributed by atoms with Crippen LogP contribution in [0.25, 0.3) is 22.6 Å². The van der Waals surface area contributed by atoms with Crippen LogP contribution in [0.15, 0.2) is 40.8 Å². The van der Waals surface area contributed by atoms with Gasteiger partial charge in [-0.3, -0.25) is 0 Å². The van der Waals surface area contributed by atoms with Crippen molar-refractivity contribution < 1.29 is 73.5 Å². The number of carbonyl (C=O) groups excluding carboxylic acids is 1. The number of carboxylic acid groups (broad SMARTS) is 2. The van der Waals surface area contributed by atoms with Crippen LogP contribution in [0, 0.1) is 0 Å². The monoisotopic (exact) mass is 422 g/mol. The Morgan fingerprint density at radius 2 is 1.30 bits per heavy atom. The summed E-state index contributed by atoms with van der Waals surface area (Å²) in [6.07, 6.45) is 0. The van der Waals surface area contributed by atoms with Crippen LogP contribution in [-0.4, -0.2) is 41.5 Å². The maximum absolute atomic E-state index is 11.9. The van der Waals surface area contributed by atoms with Gasteiger partial charge in [0.2, 0.25) is 0 Å². The summed E-state index contributed by atoms with van der Waals surface area (Å²) in [5.41, 5.74) is -0.984. The molecule has 0 saturated heterocycles. The second-order valence-corrected chi connectivity index (χ2v) is 5.88. The van der Waals surface area contributed by atoms with Crippen molar-refractivity contribution in [1.82, 2.24) is 0 Å². The topological polar surface area (TPSA) is 149 Å². The normalized spacial score (nSPS) is 10.2. The third-order valence-electron chi connectivity index (χ3n) is 4.21. The molecule has 0 bridgehead atoms. The van der Waals surface area contributed by atoms with Gasteiger partial charge in [0.15, 0.2) is 23.0 Å². The van der Waals surface area contributed by atoms with Gasteiger partial charge in [0.25, 0.3) is 0 Å². The van der Waals surface area contributed by atoms with Crippen LogP contribution < -0.4 is 44.1 Å². The fraction of sp³-hybridized carbons (Fsp3) is 0.100. The van der Waals surface area contributed by atoms with Gasteiger partial charge in [-0.15, -0.1) is 0 Å². The zero-order chi connectivity index (χ0) is 21.3. The molecule has 0 aliphatic rings. The third-order valence-corrected chi connectivity index (χ3v) is 4.21. The first kappa shape index (κ1) is 23.1. The Labute approximate surface area is 192 Å². The molecule has 0 unspecified atom stereocenters. The summed E-state index contributed by atoms with van der Waals surface area (Å²) in [6, 6.07) is 7.80. The minimum absolute atomic E-state index is 0. The fourth-order valence-electron chi connectivity index (χ4n) is 2.87. The number of aromatic hydroxyl groups is 2. The van der Waals surface area contributed by atoms with Crippen LogP contribution in [0.1, 0.15) is 20.7 Å².